The van der Waals surface area contributed by atoms with Gasteiger partial charge < -0.3 is 0 Å². The standard InChI is InChI=1S/C19H24O3/c1-18-8-7-15-13(14(18)5-6-16(18)21)4-3-11-9-12(20)10-17(22)19(11,15)2/h9,13-15H,3-8,10H2,1-2H3/t13-,14-,15-,18-,19-/m0/s1. The van der Waals surface area contributed by atoms with Crippen molar-refractivity contribution < 1.29 is 14.4 Å². The maximum Gasteiger partial charge on any atom is 0.163 e. The maximum atomic E-state index is 12.7. The van der Waals surface area contributed by atoms with E-state index in [0.29, 0.717) is 23.5 Å². The van der Waals surface area contributed by atoms with Crippen LogP contribution in [-0.4, -0.2) is 17.3 Å². The van der Waals surface area contributed by atoms with Crippen LogP contribution in [0.15, 0.2) is 11.6 Å². The Balaban J connectivity index is 1.75. The van der Waals surface area contributed by atoms with Crippen LogP contribution in [0.3, 0.4) is 0 Å². The average Bonchev–Trinajstić information content (AvgIpc) is 2.77. The Morgan fingerprint density at radius 3 is 2.50 bits per heavy atom. The third-order valence-electron chi connectivity index (χ3n) is 7.55. The number of carbonyl (C=O) groups excluding carboxylic acids is 3. The van der Waals surface area contributed by atoms with E-state index in [-0.39, 0.29) is 23.4 Å². The highest BCUT2D eigenvalue weighted by atomic mass is 16.2. The Hall–Kier alpha value is -1.25. The molecule has 0 amide bonds. The van der Waals surface area contributed by atoms with Crippen LogP contribution in [0.2, 0.25) is 0 Å². The number of hydrogen-bond acceptors (Lipinski definition) is 3. The predicted octanol–water partition coefficient (Wildman–Crippen LogP) is 3.27. The van der Waals surface area contributed by atoms with Crippen molar-refractivity contribution in [3.05, 3.63) is 11.6 Å². The normalized spacial score (nSPS) is 47.6. The topological polar surface area (TPSA) is 51.2 Å². The van der Waals surface area contributed by atoms with E-state index in [9.17, 15) is 14.4 Å². The first-order valence-corrected chi connectivity index (χ1v) is 8.68. The number of fused-ring (bicyclic) bond motifs is 5. The lowest BCUT2D eigenvalue weighted by molar-refractivity contribution is -0.141. The van der Waals surface area contributed by atoms with Crippen LogP contribution in [0.25, 0.3) is 0 Å². The third-order valence-corrected chi connectivity index (χ3v) is 7.55. The van der Waals surface area contributed by atoms with Crippen LogP contribution in [0.5, 0.6) is 0 Å². The van der Waals surface area contributed by atoms with Gasteiger partial charge in [-0.1, -0.05) is 12.5 Å². The lowest BCUT2D eigenvalue weighted by atomic mass is 9.47. The smallest absolute Gasteiger partial charge is 0.163 e. The summed E-state index contributed by atoms with van der Waals surface area (Å²) in [4.78, 5) is 36.8. The summed E-state index contributed by atoms with van der Waals surface area (Å²) in [6, 6.07) is 0. The minimum atomic E-state index is -0.441. The van der Waals surface area contributed by atoms with Gasteiger partial charge in [-0.15, -0.1) is 0 Å². The van der Waals surface area contributed by atoms with E-state index in [1.54, 1.807) is 6.08 Å². The van der Waals surface area contributed by atoms with E-state index < -0.39 is 5.41 Å². The van der Waals surface area contributed by atoms with E-state index >= 15 is 0 Å². The lowest BCUT2D eigenvalue weighted by Gasteiger charge is -2.55. The van der Waals surface area contributed by atoms with Crippen molar-refractivity contribution >= 4 is 17.3 Å². The molecule has 4 rings (SSSR count). The molecule has 0 heterocycles. The summed E-state index contributed by atoms with van der Waals surface area (Å²) in [7, 11) is 0. The van der Waals surface area contributed by atoms with Crippen LogP contribution >= 0.6 is 0 Å². The van der Waals surface area contributed by atoms with E-state index in [4.69, 9.17) is 0 Å². The largest absolute Gasteiger partial charge is 0.299 e. The van der Waals surface area contributed by atoms with Crippen LogP contribution < -0.4 is 0 Å². The molecule has 0 aromatic heterocycles. The molecule has 0 N–H and O–H groups in total. The molecule has 3 fully saturated rings. The van der Waals surface area contributed by atoms with E-state index in [0.717, 1.165) is 44.1 Å². The Morgan fingerprint density at radius 2 is 1.73 bits per heavy atom. The van der Waals surface area contributed by atoms with Gasteiger partial charge in [0, 0.05) is 11.8 Å². The van der Waals surface area contributed by atoms with Gasteiger partial charge in [-0.05, 0) is 62.9 Å². The van der Waals surface area contributed by atoms with Gasteiger partial charge in [0.15, 0.2) is 11.6 Å². The number of rotatable bonds is 0. The number of carbonyl (C=O) groups is 3. The molecular weight excluding hydrogens is 276 g/mol. The van der Waals surface area contributed by atoms with Crippen molar-refractivity contribution in [2.24, 2.45) is 28.6 Å². The van der Waals surface area contributed by atoms with E-state index in [1.165, 1.54) is 0 Å². The van der Waals surface area contributed by atoms with Crippen molar-refractivity contribution in [1.29, 1.82) is 0 Å². The molecule has 3 nitrogen and oxygen atoms in total. The second-order valence-electron chi connectivity index (χ2n) is 8.27. The first-order chi connectivity index (χ1) is 10.4. The molecular formula is C19H24O3. The highest BCUT2D eigenvalue weighted by molar-refractivity contribution is 6.11. The van der Waals surface area contributed by atoms with Crippen LogP contribution in [0.1, 0.15) is 58.8 Å². The molecule has 0 bridgehead atoms. The van der Waals surface area contributed by atoms with Gasteiger partial charge in [0.1, 0.15) is 5.78 Å². The summed E-state index contributed by atoms with van der Waals surface area (Å²) >= 11 is 0. The van der Waals surface area contributed by atoms with Crippen molar-refractivity contribution in [3.63, 3.8) is 0 Å². The monoisotopic (exact) mass is 300 g/mol. The quantitative estimate of drug-likeness (QED) is 0.645. The molecule has 4 aliphatic carbocycles. The first-order valence-electron chi connectivity index (χ1n) is 8.68. The fourth-order valence-electron chi connectivity index (χ4n) is 6.19. The SMILES string of the molecule is C[C@]12C(=O)CC(=O)C=C1CC[C@@H]1[C@@H]2CC[C@]2(C)C(=O)CC[C@@H]12. The highest BCUT2D eigenvalue weighted by Gasteiger charge is 2.60. The predicted molar refractivity (Wildman–Crippen MR) is 82.1 cm³/mol. The van der Waals surface area contributed by atoms with Gasteiger partial charge in [0.05, 0.1) is 11.8 Å². The van der Waals surface area contributed by atoms with Gasteiger partial charge in [0.25, 0.3) is 0 Å². The Bertz CT molecular complexity index is 616. The second kappa shape index (κ2) is 4.39. The van der Waals surface area contributed by atoms with Gasteiger partial charge in [-0.3, -0.25) is 14.4 Å². The summed E-state index contributed by atoms with van der Waals surface area (Å²) in [6.45, 7) is 4.23. The highest BCUT2D eigenvalue weighted by Crippen LogP contribution is 2.63. The molecule has 0 aromatic rings. The molecule has 22 heavy (non-hydrogen) atoms. The van der Waals surface area contributed by atoms with Crippen LogP contribution in [0.4, 0.5) is 0 Å². The third kappa shape index (κ3) is 1.60. The van der Waals surface area contributed by atoms with Crippen LogP contribution in [-0.2, 0) is 14.4 Å². The number of ketones is 3. The molecule has 0 saturated heterocycles. The molecule has 4 aliphatic rings. The Morgan fingerprint density at radius 1 is 0.955 bits per heavy atom. The maximum absolute atomic E-state index is 12.7. The van der Waals surface area contributed by atoms with Crippen molar-refractivity contribution in [2.75, 3.05) is 0 Å². The molecule has 3 saturated carbocycles. The molecule has 3 heteroatoms. The minimum Gasteiger partial charge on any atom is -0.299 e. The van der Waals surface area contributed by atoms with Gasteiger partial charge >= 0.3 is 0 Å². The summed E-state index contributed by atoms with van der Waals surface area (Å²) in [5.41, 5.74) is 0.485. The van der Waals surface area contributed by atoms with Crippen molar-refractivity contribution in [3.8, 4) is 0 Å². The minimum absolute atomic E-state index is 0.0207. The molecule has 0 unspecified atom stereocenters. The number of allylic oxidation sites excluding steroid dienone is 1. The molecule has 118 valence electrons. The Kier molecular flexibility index (Phi) is 2.87. The molecule has 0 radical (unpaired) electrons. The molecule has 5 atom stereocenters. The molecule has 0 spiro atoms. The van der Waals surface area contributed by atoms with Crippen molar-refractivity contribution in [1.82, 2.24) is 0 Å². The van der Waals surface area contributed by atoms with Gasteiger partial charge in [-0.25, -0.2) is 0 Å². The van der Waals surface area contributed by atoms with E-state index in [2.05, 4.69) is 13.8 Å². The average molecular weight is 300 g/mol. The lowest BCUT2D eigenvalue weighted by Crippen LogP contribution is -2.53. The number of hydrogen-bond donors (Lipinski definition) is 0. The summed E-state index contributed by atoms with van der Waals surface area (Å²) in [5, 5.41) is 0. The molecule has 0 aromatic carbocycles. The zero-order chi connectivity index (χ0) is 15.7. The zero-order valence-corrected chi connectivity index (χ0v) is 13.5. The molecule has 0 aliphatic heterocycles. The first kappa shape index (κ1) is 14.3. The van der Waals surface area contributed by atoms with Crippen molar-refractivity contribution in [2.45, 2.75) is 58.8 Å². The van der Waals surface area contributed by atoms with Gasteiger partial charge in [-0.2, -0.15) is 0 Å². The van der Waals surface area contributed by atoms with E-state index in [1.807, 2.05) is 0 Å². The summed E-state index contributed by atoms with van der Waals surface area (Å²) in [6.07, 6.45) is 7.32. The zero-order valence-electron chi connectivity index (χ0n) is 13.5. The fraction of sp³-hybridized carbons (Fsp3) is 0.737. The van der Waals surface area contributed by atoms with Gasteiger partial charge in [0.2, 0.25) is 0 Å². The number of Topliss-reactive ketones (excluding diaryl/α,β-unsaturated/α-hetero) is 2. The Labute approximate surface area is 131 Å². The van der Waals surface area contributed by atoms with Crippen LogP contribution in [0, 0.1) is 28.6 Å². The second-order valence-corrected chi connectivity index (χ2v) is 8.27. The summed E-state index contributed by atoms with van der Waals surface area (Å²) in [5.74, 6) is 1.79. The fourth-order valence-corrected chi connectivity index (χ4v) is 6.19. The summed E-state index contributed by atoms with van der Waals surface area (Å²) < 4.78 is 0.